The lowest BCUT2D eigenvalue weighted by Gasteiger charge is -2.22. The van der Waals surface area contributed by atoms with Crippen molar-refractivity contribution in [2.24, 2.45) is 0 Å². The molecule has 4 heteroatoms. The third kappa shape index (κ3) is 3.19. The Morgan fingerprint density at radius 1 is 1.29 bits per heavy atom. The number of nitrogens with two attached hydrogens (primary N) is 1. The maximum Gasteiger partial charge on any atom is 0.256 e. The summed E-state index contributed by atoms with van der Waals surface area (Å²) in [5.74, 6) is -0.727. The second-order valence-electron chi connectivity index (χ2n) is 3.99. The number of benzene rings is 1. The van der Waals surface area contributed by atoms with E-state index in [1.54, 1.807) is 11.0 Å². The standard InChI is InChI=1S/C13H19FN2O/c1-3-8-16(9-4-2)13(17)10-6-5-7-11(14)12(10)15/h5-7H,3-4,8-9,15H2,1-2H3. The maximum atomic E-state index is 13.3. The molecule has 0 unspecified atom stereocenters. The molecule has 0 aliphatic rings. The molecule has 0 bridgehead atoms. The first-order chi connectivity index (χ1) is 8.11. The summed E-state index contributed by atoms with van der Waals surface area (Å²) in [6.07, 6.45) is 1.75. The van der Waals surface area contributed by atoms with Gasteiger partial charge in [-0.05, 0) is 25.0 Å². The summed E-state index contributed by atoms with van der Waals surface area (Å²) in [5, 5.41) is 0. The number of anilines is 1. The molecule has 0 saturated carbocycles. The molecule has 0 fully saturated rings. The highest BCUT2D eigenvalue weighted by molar-refractivity contribution is 5.99. The smallest absolute Gasteiger partial charge is 0.256 e. The monoisotopic (exact) mass is 238 g/mol. The number of hydrogen-bond acceptors (Lipinski definition) is 2. The highest BCUT2D eigenvalue weighted by Gasteiger charge is 2.18. The van der Waals surface area contributed by atoms with Crippen molar-refractivity contribution in [3.05, 3.63) is 29.6 Å². The van der Waals surface area contributed by atoms with Gasteiger partial charge in [-0.1, -0.05) is 19.9 Å². The number of hydrogen-bond donors (Lipinski definition) is 1. The lowest BCUT2D eigenvalue weighted by atomic mass is 10.1. The second kappa shape index (κ2) is 6.23. The Morgan fingerprint density at radius 3 is 2.41 bits per heavy atom. The van der Waals surface area contributed by atoms with E-state index in [-0.39, 0.29) is 17.2 Å². The van der Waals surface area contributed by atoms with Gasteiger partial charge in [0.05, 0.1) is 11.3 Å². The largest absolute Gasteiger partial charge is 0.396 e. The summed E-state index contributed by atoms with van der Waals surface area (Å²) < 4.78 is 13.3. The van der Waals surface area contributed by atoms with Gasteiger partial charge < -0.3 is 10.6 Å². The van der Waals surface area contributed by atoms with Crippen LogP contribution in [0.2, 0.25) is 0 Å². The van der Waals surface area contributed by atoms with E-state index in [1.807, 2.05) is 13.8 Å². The summed E-state index contributed by atoms with van der Waals surface area (Å²) in [4.78, 5) is 13.9. The van der Waals surface area contributed by atoms with Crippen molar-refractivity contribution in [2.75, 3.05) is 18.8 Å². The molecular formula is C13H19FN2O. The fourth-order valence-corrected chi connectivity index (χ4v) is 1.75. The van der Waals surface area contributed by atoms with Crippen molar-refractivity contribution in [3.63, 3.8) is 0 Å². The minimum Gasteiger partial charge on any atom is -0.396 e. The Morgan fingerprint density at radius 2 is 1.88 bits per heavy atom. The fraction of sp³-hybridized carbons (Fsp3) is 0.462. The number of nitrogens with zero attached hydrogens (tertiary/aromatic N) is 1. The quantitative estimate of drug-likeness (QED) is 0.802. The van der Waals surface area contributed by atoms with Gasteiger partial charge in [-0.3, -0.25) is 4.79 Å². The molecule has 0 aromatic heterocycles. The molecule has 0 atom stereocenters. The van der Waals surface area contributed by atoms with Crippen molar-refractivity contribution in [1.29, 1.82) is 0 Å². The molecule has 94 valence electrons. The number of rotatable bonds is 5. The molecule has 0 spiro atoms. The van der Waals surface area contributed by atoms with Crippen molar-refractivity contribution < 1.29 is 9.18 Å². The van der Waals surface area contributed by atoms with E-state index in [0.717, 1.165) is 12.8 Å². The summed E-state index contributed by atoms with van der Waals surface area (Å²) in [7, 11) is 0. The molecule has 1 amide bonds. The zero-order valence-electron chi connectivity index (χ0n) is 10.4. The van der Waals surface area contributed by atoms with E-state index < -0.39 is 5.82 Å². The molecule has 3 nitrogen and oxygen atoms in total. The minimum absolute atomic E-state index is 0.0605. The van der Waals surface area contributed by atoms with Crippen LogP contribution in [0.3, 0.4) is 0 Å². The van der Waals surface area contributed by atoms with Crippen LogP contribution in [0.15, 0.2) is 18.2 Å². The molecule has 0 saturated heterocycles. The van der Waals surface area contributed by atoms with Gasteiger partial charge in [-0.15, -0.1) is 0 Å². The lowest BCUT2D eigenvalue weighted by Crippen LogP contribution is -2.33. The van der Waals surface area contributed by atoms with Crippen molar-refractivity contribution in [2.45, 2.75) is 26.7 Å². The molecule has 2 N–H and O–H groups in total. The van der Waals surface area contributed by atoms with Crippen molar-refractivity contribution in [1.82, 2.24) is 4.90 Å². The minimum atomic E-state index is -0.538. The van der Waals surface area contributed by atoms with Gasteiger partial charge in [0.2, 0.25) is 0 Å². The molecular weight excluding hydrogens is 219 g/mol. The summed E-state index contributed by atoms with van der Waals surface area (Å²) in [5.41, 5.74) is 5.79. The summed E-state index contributed by atoms with van der Waals surface area (Å²) in [6.45, 7) is 5.35. The summed E-state index contributed by atoms with van der Waals surface area (Å²) >= 11 is 0. The Labute approximate surface area is 101 Å². The van der Waals surface area contributed by atoms with Gasteiger partial charge in [0, 0.05) is 13.1 Å². The number of para-hydroxylation sites is 1. The molecule has 0 aliphatic carbocycles. The predicted octanol–water partition coefficient (Wildman–Crippen LogP) is 2.67. The van der Waals surface area contributed by atoms with Crippen LogP contribution < -0.4 is 5.73 Å². The fourth-order valence-electron chi connectivity index (χ4n) is 1.75. The van der Waals surface area contributed by atoms with E-state index >= 15 is 0 Å². The van der Waals surface area contributed by atoms with E-state index in [0.29, 0.717) is 13.1 Å². The number of amides is 1. The van der Waals surface area contributed by atoms with Gasteiger partial charge in [-0.25, -0.2) is 4.39 Å². The Hall–Kier alpha value is -1.58. The maximum absolute atomic E-state index is 13.3. The Kier molecular flexibility index (Phi) is 4.94. The van der Waals surface area contributed by atoms with E-state index in [1.165, 1.54) is 12.1 Å². The number of carbonyl (C=O) groups excluding carboxylic acids is 1. The zero-order valence-corrected chi connectivity index (χ0v) is 10.4. The van der Waals surface area contributed by atoms with Crippen molar-refractivity contribution in [3.8, 4) is 0 Å². The van der Waals surface area contributed by atoms with Crippen LogP contribution in [0.1, 0.15) is 37.0 Å². The van der Waals surface area contributed by atoms with Gasteiger partial charge in [0.25, 0.3) is 5.91 Å². The molecule has 17 heavy (non-hydrogen) atoms. The van der Waals surface area contributed by atoms with Crippen LogP contribution in [0, 0.1) is 5.82 Å². The van der Waals surface area contributed by atoms with Gasteiger partial charge in [0.1, 0.15) is 5.82 Å². The molecule has 1 rings (SSSR count). The van der Waals surface area contributed by atoms with Crippen LogP contribution in [0.25, 0.3) is 0 Å². The van der Waals surface area contributed by atoms with Gasteiger partial charge in [0.15, 0.2) is 0 Å². The topological polar surface area (TPSA) is 46.3 Å². The van der Waals surface area contributed by atoms with Crippen molar-refractivity contribution >= 4 is 11.6 Å². The van der Waals surface area contributed by atoms with E-state index in [4.69, 9.17) is 5.73 Å². The predicted molar refractivity (Wildman–Crippen MR) is 67.3 cm³/mol. The van der Waals surface area contributed by atoms with Crippen LogP contribution in [-0.2, 0) is 0 Å². The SMILES string of the molecule is CCCN(CCC)C(=O)c1cccc(F)c1N. The third-order valence-corrected chi connectivity index (χ3v) is 2.56. The molecule has 1 aromatic rings. The highest BCUT2D eigenvalue weighted by atomic mass is 19.1. The first-order valence-corrected chi connectivity index (χ1v) is 5.95. The first kappa shape index (κ1) is 13.5. The Bertz CT molecular complexity index is 387. The average molecular weight is 238 g/mol. The molecule has 0 aliphatic heterocycles. The second-order valence-corrected chi connectivity index (χ2v) is 3.99. The number of carbonyl (C=O) groups is 1. The molecule has 0 radical (unpaired) electrons. The van der Waals surface area contributed by atoms with Gasteiger partial charge >= 0.3 is 0 Å². The zero-order chi connectivity index (χ0) is 12.8. The van der Waals surface area contributed by atoms with Gasteiger partial charge in [-0.2, -0.15) is 0 Å². The van der Waals surface area contributed by atoms with Crippen LogP contribution in [0.4, 0.5) is 10.1 Å². The van der Waals surface area contributed by atoms with E-state index in [2.05, 4.69) is 0 Å². The number of halogens is 1. The average Bonchev–Trinajstić information content (AvgIpc) is 2.31. The van der Waals surface area contributed by atoms with E-state index in [9.17, 15) is 9.18 Å². The first-order valence-electron chi connectivity index (χ1n) is 5.95. The normalized spacial score (nSPS) is 10.3. The lowest BCUT2D eigenvalue weighted by molar-refractivity contribution is 0.0756. The van der Waals surface area contributed by atoms with Crippen LogP contribution in [-0.4, -0.2) is 23.9 Å². The summed E-state index contributed by atoms with van der Waals surface area (Å²) in [6, 6.07) is 4.34. The number of nitrogen functional groups attached to an aromatic ring is 1. The molecule has 1 aromatic carbocycles. The van der Waals surface area contributed by atoms with Crippen LogP contribution in [0.5, 0.6) is 0 Å². The highest BCUT2D eigenvalue weighted by Crippen LogP contribution is 2.18. The molecule has 0 heterocycles. The Balaban J connectivity index is 2.96. The third-order valence-electron chi connectivity index (χ3n) is 2.56. The van der Waals surface area contributed by atoms with Crippen LogP contribution >= 0.6 is 0 Å².